The van der Waals surface area contributed by atoms with Gasteiger partial charge >= 0.3 is 0 Å². The highest BCUT2D eigenvalue weighted by molar-refractivity contribution is 5.14. The summed E-state index contributed by atoms with van der Waals surface area (Å²) < 4.78 is 0. The van der Waals surface area contributed by atoms with Gasteiger partial charge in [-0.05, 0) is 82.0 Å². The molecule has 0 unspecified atom stereocenters. The first-order valence-corrected chi connectivity index (χ1v) is 7.65. The molecule has 17 heavy (non-hydrogen) atoms. The molecule has 0 amide bonds. The average Bonchev–Trinajstić information content (AvgIpc) is 2.40. The van der Waals surface area contributed by atoms with Gasteiger partial charge in [-0.1, -0.05) is 25.5 Å². The Hall–Kier alpha value is -0.260. The highest BCUT2D eigenvalue weighted by Gasteiger charge is 2.30. The first-order chi connectivity index (χ1) is 8.33. The van der Waals surface area contributed by atoms with E-state index in [9.17, 15) is 0 Å². The second kappa shape index (κ2) is 6.61. The topological polar surface area (TPSA) is 0 Å². The van der Waals surface area contributed by atoms with Crippen molar-refractivity contribution in [3.05, 3.63) is 24.0 Å². The molecule has 0 aromatic rings. The third kappa shape index (κ3) is 3.60. The van der Waals surface area contributed by atoms with Gasteiger partial charge in [0.15, 0.2) is 0 Å². The van der Waals surface area contributed by atoms with E-state index >= 15 is 0 Å². The number of allylic oxidation sites excluding steroid dienone is 2. The molecule has 0 N–H and O–H groups in total. The minimum atomic E-state index is 0.974. The van der Waals surface area contributed by atoms with Crippen molar-refractivity contribution in [1.29, 1.82) is 0 Å². The zero-order chi connectivity index (χ0) is 12.1. The van der Waals surface area contributed by atoms with Gasteiger partial charge < -0.3 is 0 Å². The van der Waals surface area contributed by atoms with Crippen molar-refractivity contribution in [1.82, 2.24) is 0 Å². The van der Waals surface area contributed by atoms with Crippen LogP contribution in [0.2, 0.25) is 0 Å². The van der Waals surface area contributed by atoms with E-state index in [1.807, 2.05) is 5.92 Å². The highest BCUT2D eigenvalue weighted by atomic mass is 14.3. The van der Waals surface area contributed by atoms with E-state index in [1.54, 1.807) is 5.92 Å². The third-order valence-corrected chi connectivity index (χ3v) is 4.93. The van der Waals surface area contributed by atoms with Crippen molar-refractivity contribution >= 4 is 0 Å². The van der Waals surface area contributed by atoms with Crippen LogP contribution in [0.15, 0.2) is 12.2 Å². The lowest BCUT2D eigenvalue weighted by atomic mass is 9.69. The van der Waals surface area contributed by atoms with Gasteiger partial charge in [0.1, 0.15) is 0 Å². The summed E-state index contributed by atoms with van der Waals surface area (Å²) in [6.45, 7) is 4.49. The third-order valence-electron chi connectivity index (χ3n) is 4.93. The van der Waals surface area contributed by atoms with Gasteiger partial charge in [0.25, 0.3) is 0 Å². The molecule has 0 atom stereocenters. The number of hydrogen-bond donors (Lipinski definition) is 0. The largest absolute Gasteiger partial charge is 0.0911 e. The van der Waals surface area contributed by atoms with E-state index in [1.165, 1.54) is 57.8 Å². The van der Waals surface area contributed by atoms with Gasteiger partial charge in [0, 0.05) is 0 Å². The summed E-state index contributed by atoms with van der Waals surface area (Å²) in [5.41, 5.74) is 0. The molecule has 2 saturated carbocycles. The summed E-state index contributed by atoms with van der Waals surface area (Å²) in [5.74, 6) is 5.62. The molecule has 0 aromatic heterocycles. The van der Waals surface area contributed by atoms with Gasteiger partial charge in [-0.25, -0.2) is 0 Å². The van der Waals surface area contributed by atoms with Crippen LogP contribution < -0.4 is 0 Å². The molecule has 96 valence electrons. The molecule has 2 aliphatic carbocycles. The molecule has 0 nitrogen and oxygen atoms in total. The molecule has 0 saturated heterocycles. The van der Waals surface area contributed by atoms with E-state index in [0.29, 0.717) is 0 Å². The molecule has 2 rings (SSSR count). The Labute approximate surface area is 108 Å². The maximum Gasteiger partial charge on any atom is -0.00272 e. The maximum absolute atomic E-state index is 2.36. The molecule has 0 aromatic carbocycles. The van der Waals surface area contributed by atoms with Gasteiger partial charge in [0.2, 0.25) is 0 Å². The molecule has 2 fully saturated rings. The summed E-state index contributed by atoms with van der Waals surface area (Å²) in [5, 5.41) is 0. The fourth-order valence-corrected chi connectivity index (χ4v) is 3.66. The smallest absolute Gasteiger partial charge is 0.00272 e. The number of hydrogen-bond acceptors (Lipinski definition) is 0. The standard InChI is InChI=1S/C17H28/c1-3-5-15-8-12-17(13-9-15)16-10-6-14(4-2)7-11-16/h3,5,14,17H,4,6-13H2,1-2H3/b5-3+. The van der Waals surface area contributed by atoms with E-state index in [-0.39, 0.29) is 0 Å². The van der Waals surface area contributed by atoms with Crippen LogP contribution in [0.5, 0.6) is 0 Å². The van der Waals surface area contributed by atoms with Crippen LogP contribution in [0.25, 0.3) is 0 Å². The highest BCUT2D eigenvalue weighted by Crippen LogP contribution is 2.43. The van der Waals surface area contributed by atoms with Crippen molar-refractivity contribution in [3.63, 3.8) is 0 Å². The zero-order valence-electron chi connectivity index (χ0n) is 11.7. The lowest BCUT2D eigenvalue weighted by Gasteiger charge is -2.36. The first-order valence-electron chi connectivity index (χ1n) is 7.65. The van der Waals surface area contributed by atoms with Crippen molar-refractivity contribution in [2.24, 2.45) is 11.8 Å². The van der Waals surface area contributed by atoms with Crippen LogP contribution in [-0.2, 0) is 0 Å². The van der Waals surface area contributed by atoms with Crippen LogP contribution in [0.3, 0.4) is 0 Å². The van der Waals surface area contributed by atoms with E-state index in [4.69, 9.17) is 0 Å². The second-order valence-corrected chi connectivity index (χ2v) is 5.94. The predicted molar refractivity (Wildman–Crippen MR) is 75.5 cm³/mol. The Bertz CT molecular complexity index is 224. The first kappa shape index (κ1) is 13.2. The Morgan fingerprint density at radius 1 is 1.00 bits per heavy atom. The molecule has 2 aliphatic rings. The molecular weight excluding hydrogens is 204 g/mol. The van der Waals surface area contributed by atoms with Crippen LogP contribution >= 0.6 is 0 Å². The Morgan fingerprint density at radius 3 is 2.18 bits per heavy atom. The van der Waals surface area contributed by atoms with Gasteiger partial charge in [-0.3, -0.25) is 0 Å². The molecule has 0 heterocycles. The summed E-state index contributed by atoms with van der Waals surface area (Å²) in [7, 11) is 0. The van der Waals surface area contributed by atoms with Crippen LogP contribution in [0.1, 0.15) is 71.6 Å². The van der Waals surface area contributed by atoms with E-state index < -0.39 is 0 Å². The normalized spacial score (nSPS) is 26.9. The minimum absolute atomic E-state index is 0.974. The Balaban J connectivity index is 1.74. The molecular formula is C17H28. The summed E-state index contributed by atoms with van der Waals surface area (Å²) in [6.07, 6.45) is 17.4. The summed E-state index contributed by atoms with van der Waals surface area (Å²) in [4.78, 5) is 0. The van der Waals surface area contributed by atoms with Gasteiger partial charge in [0.05, 0.1) is 0 Å². The molecule has 0 heteroatoms. The fraction of sp³-hybridized carbons (Fsp3) is 0.765. The molecule has 2 radical (unpaired) electrons. The lowest BCUT2D eigenvalue weighted by molar-refractivity contribution is 0.293. The van der Waals surface area contributed by atoms with Crippen molar-refractivity contribution in [3.8, 4) is 0 Å². The monoisotopic (exact) mass is 232 g/mol. The molecule has 0 aliphatic heterocycles. The fourth-order valence-electron chi connectivity index (χ4n) is 3.66. The molecule has 0 spiro atoms. The van der Waals surface area contributed by atoms with Crippen molar-refractivity contribution < 1.29 is 0 Å². The minimum Gasteiger partial charge on any atom is -0.0911 e. The second-order valence-electron chi connectivity index (χ2n) is 5.94. The quantitative estimate of drug-likeness (QED) is 0.602. The zero-order valence-corrected chi connectivity index (χ0v) is 11.7. The Kier molecular flexibility index (Phi) is 5.13. The predicted octanol–water partition coefficient (Wildman–Crippen LogP) is 5.50. The van der Waals surface area contributed by atoms with Crippen molar-refractivity contribution in [2.75, 3.05) is 0 Å². The van der Waals surface area contributed by atoms with Crippen molar-refractivity contribution in [2.45, 2.75) is 71.6 Å². The van der Waals surface area contributed by atoms with Gasteiger partial charge in [-0.15, -0.1) is 0 Å². The summed E-state index contributed by atoms with van der Waals surface area (Å²) >= 11 is 0. The lowest BCUT2D eigenvalue weighted by Crippen LogP contribution is -2.23. The summed E-state index contributed by atoms with van der Waals surface area (Å²) in [6, 6.07) is 0. The average molecular weight is 232 g/mol. The Morgan fingerprint density at radius 2 is 1.65 bits per heavy atom. The number of rotatable bonds is 3. The van der Waals surface area contributed by atoms with E-state index in [2.05, 4.69) is 26.0 Å². The SMILES string of the molecule is C/C=C/[C]1CCC([C]2CCC(CC)CC2)CC1. The molecule has 0 bridgehead atoms. The van der Waals surface area contributed by atoms with E-state index in [0.717, 1.165) is 11.8 Å². The van der Waals surface area contributed by atoms with Crippen LogP contribution in [0.4, 0.5) is 0 Å². The van der Waals surface area contributed by atoms with Crippen LogP contribution in [0, 0.1) is 23.7 Å². The maximum atomic E-state index is 2.36. The van der Waals surface area contributed by atoms with Gasteiger partial charge in [-0.2, -0.15) is 0 Å². The van der Waals surface area contributed by atoms with Crippen LogP contribution in [-0.4, -0.2) is 0 Å².